The van der Waals surface area contributed by atoms with Crippen LogP contribution in [0.2, 0.25) is 15.1 Å². The maximum atomic E-state index is 8.21. The number of rotatable bonds is 13. The van der Waals surface area contributed by atoms with E-state index in [0.29, 0.717) is 0 Å². The number of ether oxygens (including phenoxy) is 1. The second-order valence-corrected chi connectivity index (χ2v) is 32.2. The first-order chi connectivity index (χ1) is 29.1. The van der Waals surface area contributed by atoms with Gasteiger partial charge in [-0.3, -0.25) is 0 Å². The number of hydrogen-bond donors (Lipinski definition) is 0. The SMILES string of the molecule is CC(C)(C)[Si](OC[C@H]1O[C-]=C[C@@H](O[Si](c2ccccc2)(c2ccccc2)C(C)(C)C)[C@@H]1O[Si](c1ccccc1)(c1ccccc1)C(C)(C)C)(c1ccccc1)c1ccccc1.[Li+]. The third-order valence-corrected chi connectivity index (χ3v) is 27.5. The summed E-state index contributed by atoms with van der Waals surface area (Å²) >= 11 is 0. The Labute approximate surface area is 387 Å². The summed E-state index contributed by atoms with van der Waals surface area (Å²) in [4.78, 5) is 0. The van der Waals surface area contributed by atoms with Crippen LogP contribution in [-0.2, 0) is 18.0 Å². The Balaban J connectivity index is 0.00000641. The van der Waals surface area contributed by atoms with E-state index in [1.165, 1.54) is 31.1 Å². The minimum atomic E-state index is -3.18. The second kappa shape index (κ2) is 19.4. The predicted octanol–water partition coefficient (Wildman–Crippen LogP) is 6.17. The van der Waals surface area contributed by atoms with Crippen LogP contribution in [0, 0.1) is 6.26 Å². The molecule has 8 heteroatoms. The van der Waals surface area contributed by atoms with Crippen molar-refractivity contribution in [2.24, 2.45) is 0 Å². The molecule has 0 fully saturated rings. The fraction of sp³-hybridized carbons (Fsp3) is 0.296. The molecule has 1 aliphatic rings. The van der Waals surface area contributed by atoms with Gasteiger partial charge in [0.25, 0.3) is 25.0 Å². The van der Waals surface area contributed by atoms with Crippen molar-refractivity contribution >= 4 is 56.1 Å². The van der Waals surface area contributed by atoms with Crippen molar-refractivity contribution in [3.63, 3.8) is 0 Å². The van der Waals surface area contributed by atoms with Crippen molar-refractivity contribution in [2.75, 3.05) is 6.61 Å². The molecule has 0 saturated carbocycles. The summed E-state index contributed by atoms with van der Waals surface area (Å²) in [6.45, 7) is 21.2. The first-order valence-corrected chi connectivity index (χ1v) is 27.4. The van der Waals surface area contributed by atoms with Gasteiger partial charge in [-0.05, 0) is 46.2 Å². The van der Waals surface area contributed by atoms with Gasteiger partial charge in [0.1, 0.15) is 12.2 Å². The predicted molar refractivity (Wildman–Crippen MR) is 261 cm³/mol. The van der Waals surface area contributed by atoms with Gasteiger partial charge in [-0.2, -0.15) is 0 Å². The first-order valence-electron chi connectivity index (χ1n) is 21.7. The Morgan fingerprint density at radius 1 is 0.419 bits per heavy atom. The molecular formula is C54H63LiO4Si3. The zero-order valence-electron chi connectivity index (χ0n) is 38.5. The molecule has 0 N–H and O–H groups in total. The number of benzene rings is 6. The molecule has 0 aliphatic carbocycles. The van der Waals surface area contributed by atoms with E-state index in [2.05, 4.69) is 251 Å². The molecule has 1 aliphatic heterocycles. The molecule has 0 radical (unpaired) electrons. The van der Waals surface area contributed by atoms with Crippen molar-refractivity contribution < 1.29 is 36.9 Å². The van der Waals surface area contributed by atoms with E-state index in [4.69, 9.17) is 18.0 Å². The molecule has 62 heavy (non-hydrogen) atoms. The Hall–Kier alpha value is -4.01. The van der Waals surface area contributed by atoms with Gasteiger partial charge in [0.05, 0.1) is 12.7 Å². The minimum absolute atomic E-state index is 0. The fourth-order valence-corrected chi connectivity index (χ4v) is 23.6. The molecule has 0 aromatic heterocycles. The molecule has 7 rings (SSSR count). The summed E-state index contributed by atoms with van der Waals surface area (Å²) in [5.41, 5.74) is 0. The normalized spacial score (nSPS) is 17.5. The van der Waals surface area contributed by atoms with Crippen LogP contribution in [0.15, 0.2) is 188 Å². The average Bonchev–Trinajstić information content (AvgIpc) is 3.26. The minimum Gasteiger partial charge on any atom is -0.688 e. The van der Waals surface area contributed by atoms with E-state index in [1.54, 1.807) is 0 Å². The van der Waals surface area contributed by atoms with Gasteiger partial charge in [-0.25, -0.2) is 6.08 Å². The molecule has 1 heterocycles. The van der Waals surface area contributed by atoms with Crippen LogP contribution in [-0.4, -0.2) is 49.9 Å². The fourth-order valence-electron chi connectivity index (χ4n) is 9.70. The first kappa shape index (κ1) is 47.5. The van der Waals surface area contributed by atoms with E-state index in [0.717, 1.165) is 0 Å². The summed E-state index contributed by atoms with van der Waals surface area (Å²) in [5, 5.41) is 6.43. The summed E-state index contributed by atoms with van der Waals surface area (Å²) < 4.78 is 30.7. The third kappa shape index (κ3) is 9.02. The van der Waals surface area contributed by atoms with Crippen molar-refractivity contribution in [3.8, 4) is 0 Å². The summed E-state index contributed by atoms with van der Waals surface area (Å²) in [6.07, 6.45) is 3.61. The van der Waals surface area contributed by atoms with Crippen molar-refractivity contribution in [1.82, 2.24) is 0 Å². The van der Waals surface area contributed by atoms with Gasteiger partial charge in [0, 0.05) is 0 Å². The van der Waals surface area contributed by atoms with Gasteiger partial charge in [-0.15, -0.1) is 0 Å². The van der Waals surface area contributed by atoms with E-state index in [9.17, 15) is 0 Å². The van der Waals surface area contributed by atoms with Gasteiger partial charge in [-0.1, -0.05) is 244 Å². The average molecular weight is 867 g/mol. The van der Waals surface area contributed by atoms with Crippen molar-refractivity contribution in [1.29, 1.82) is 0 Å². The van der Waals surface area contributed by atoms with Gasteiger partial charge in [0.15, 0.2) is 0 Å². The van der Waals surface area contributed by atoms with Gasteiger partial charge < -0.3 is 24.3 Å². The molecule has 6 aromatic carbocycles. The van der Waals surface area contributed by atoms with E-state index in [-0.39, 0.29) is 40.6 Å². The Morgan fingerprint density at radius 2 is 0.694 bits per heavy atom. The third-order valence-electron chi connectivity index (χ3n) is 12.5. The molecular weight excluding hydrogens is 804 g/mol. The molecule has 316 valence electrons. The standard InChI is InChI=1S/C54H63O4Si3.Li/c1-52(2,3)59(43-28-16-10-17-29-43,44-30-18-11-19-31-44)56-42-50-51(58-61(54(7,8)9,47-36-24-14-25-37-47)48-38-26-15-27-39-48)49(40-41-55-50)57-60(53(4,5)6,45-32-20-12-21-33-45)46-34-22-13-23-35-46;/h10-40,49-51H,42H2,1-9H3;/q-1;+1/t49-,50-,51+;/m1./s1. The van der Waals surface area contributed by atoms with E-state index < -0.39 is 43.3 Å². The Kier molecular flexibility index (Phi) is 14.8. The van der Waals surface area contributed by atoms with Crippen LogP contribution in [0.3, 0.4) is 0 Å². The molecule has 0 amide bonds. The Morgan fingerprint density at radius 3 is 0.984 bits per heavy atom. The quantitative estimate of drug-likeness (QED) is 0.103. The zero-order chi connectivity index (χ0) is 43.4. The maximum Gasteiger partial charge on any atom is 1.00 e. The summed E-state index contributed by atoms with van der Waals surface area (Å²) in [5.74, 6) is 0. The van der Waals surface area contributed by atoms with Crippen molar-refractivity contribution in [3.05, 3.63) is 194 Å². The summed E-state index contributed by atoms with van der Waals surface area (Å²) in [7, 11) is -9.27. The largest absolute Gasteiger partial charge is 1.00 e. The molecule has 0 spiro atoms. The molecule has 0 saturated heterocycles. The van der Waals surface area contributed by atoms with Crippen LogP contribution >= 0.6 is 0 Å². The maximum absolute atomic E-state index is 8.21. The van der Waals surface area contributed by atoms with Crippen LogP contribution in [0.25, 0.3) is 0 Å². The monoisotopic (exact) mass is 866 g/mol. The second-order valence-electron chi connectivity index (χ2n) is 19.4. The molecule has 4 nitrogen and oxygen atoms in total. The van der Waals surface area contributed by atoms with E-state index in [1.807, 2.05) is 6.08 Å². The Bertz CT molecular complexity index is 2190. The van der Waals surface area contributed by atoms with Crippen LogP contribution in [0.5, 0.6) is 0 Å². The molecule has 0 unspecified atom stereocenters. The van der Waals surface area contributed by atoms with Crippen LogP contribution in [0.1, 0.15) is 62.3 Å². The smallest absolute Gasteiger partial charge is 0.688 e. The topological polar surface area (TPSA) is 36.9 Å². The van der Waals surface area contributed by atoms with E-state index >= 15 is 0 Å². The molecule has 3 atom stereocenters. The van der Waals surface area contributed by atoms with Gasteiger partial charge >= 0.3 is 18.9 Å². The van der Waals surface area contributed by atoms with Gasteiger partial charge in [0.2, 0.25) is 0 Å². The van der Waals surface area contributed by atoms with Crippen LogP contribution < -0.4 is 50.0 Å². The summed E-state index contributed by atoms with van der Waals surface area (Å²) in [6, 6.07) is 65.1. The molecule has 0 bridgehead atoms. The molecule has 6 aromatic rings. The van der Waals surface area contributed by atoms with Crippen molar-refractivity contribution in [2.45, 2.75) is 95.7 Å². The van der Waals surface area contributed by atoms with Crippen LogP contribution in [0.4, 0.5) is 0 Å². The zero-order valence-corrected chi connectivity index (χ0v) is 41.5. The number of hydrogen-bond acceptors (Lipinski definition) is 4.